The van der Waals surface area contributed by atoms with E-state index in [4.69, 9.17) is 27.0 Å². The van der Waals surface area contributed by atoms with Crippen molar-refractivity contribution in [1.82, 2.24) is 0 Å². The van der Waals surface area contributed by atoms with Crippen LogP contribution in [0.2, 0.25) is 0 Å². The van der Waals surface area contributed by atoms with Gasteiger partial charge in [0, 0.05) is 34.3 Å². The highest BCUT2D eigenvalue weighted by Crippen LogP contribution is 2.43. The number of hydrogen-bond donors (Lipinski definition) is 4. The number of para-hydroxylation sites is 1. The van der Waals surface area contributed by atoms with Crippen molar-refractivity contribution >= 4 is 39.0 Å². The first-order chi connectivity index (χ1) is 29.9. The molecular weight excluding hydrogens is 745 g/mol. The third-order valence-corrected chi connectivity index (χ3v) is 10.4. The molecule has 1 heterocycles. The molecule has 0 aliphatic carbocycles. The Morgan fingerprint density at radius 1 is 0.508 bits per heavy atom. The van der Waals surface area contributed by atoms with Crippen molar-refractivity contribution in [3.63, 3.8) is 0 Å². The van der Waals surface area contributed by atoms with Gasteiger partial charge in [0.1, 0.15) is 11.2 Å². The van der Waals surface area contributed by atoms with Gasteiger partial charge in [0.25, 0.3) is 0 Å². The van der Waals surface area contributed by atoms with E-state index in [0.717, 1.165) is 78.6 Å². The summed E-state index contributed by atoms with van der Waals surface area (Å²) in [6.07, 6.45) is 4.64. The lowest BCUT2D eigenvalue weighted by Crippen LogP contribution is -2.02. The van der Waals surface area contributed by atoms with Crippen LogP contribution in [0.4, 0.5) is 0 Å². The van der Waals surface area contributed by atoms with Crippen molar-refractivity contribution in [1.29, 1.82) is 5.41 Å². The van der Waals surface area contributed by atoms with Crippen LogP contribution in [0.5, 0.6) is 0 Å². The van der Waals surface area contributed by atoms with Crippen molar-refractivity contribution in [2.75, 3.05) is 0 Å². The van der Waals surface area contributed by atoms with Crippen molar-refractivity contribution in [2.24, 2.45) is 17.2 Å². The fraction of sp³-hybridized carbons (Fsp3) is 0.0536. The van der Waals surface area contributed by atoms with Crippen molar-refractivity contribution < 1.29 is 4.42 Å². The Kier molecular flexibility index (Phi) is 13.8. The van der Waals surface area contributed by atoms with E-state index in [1.165, 1.54) is 11.1 Å². The highest BCUT2D eigenvalue weighted by Gasteiger charge is 2.18. The van der Waals surface area contributed by atoms with E-state index in [0.29, 0.717) is 18.0 Å². The number of allylic oxidation sites excluding steroid dienone is 2. The smallest absolute Gasteiger partial charge is 0.136 e. The predicted molar refractivity (Wildman–Crippen MR) is 258 cm³/mol. The molecule has 0 saturated carbocycles. The molecule has 9 aromatic rings. The largest absolute Gasteiger partial charge is 0.456 e. The zero-order valence-corrected chi connectivity index (χ0v) is 34.3. The van der Waals surface area contributed by atoms with Gasteiger partial charge in [-0.15, -0.1) is 0 Å². The van der Waals surface area contributed by atoms with Gasteiger partial charge in [-0.2, -0.15) is 0 Å². The molecule has 1 aromatic heterocycles. The van der Waals surface area contributed by atoms with E-state index in [1.807, 2.05) is 127 Å². The van der Waals surface area contributed by atoms with Gasteiger partial charge in [0.2, 0.25) is 0 Å². The van der Waals surface area contributed by atoms with Crippen molar-refractivity contribution in [2.45, 2.75) is 19.9 Å². The minimum atomic E-state index is 0.380. The zero-order valence-electron chi connectivity index (χ0n) is 34.3. The molecule has 0 amide bonds. The Morgan fingerprint density at radius 2 is 1.05 bits per heavy atom. The maximum atomic E-state index is 8.41. The van der Waals surface area contributed by atoms with E-state index in [2.05, 4.69) is 91.9 Å². The van der Waals surface area contributed by atoms with Crippen LogP contribution in [0.3, 0.4) is 0 Å². The van der Waals surface area contributed by atoms with E-state index in [-0.39, 0.29) is 0 Å². The standard InChI is InChI=1S/C34H27N3O.C15H15N.C7H8/c35-21-22-10-12-23(13-11-22)27-18-19-32-34(28-8-4-5-9-31(28)38-32)33(27)26-16-14-25(15-17-26)30(37)20-29(36)24-6-2-1-3-7-24;16-15(14-9-5-2-6-10-14)12-11-13-7-3-1-4-8-13;1-7-5-3-2-4-6-7/h1-20,36H,21,35,37H2;1-10,12H,11,16H2;2-6H,1H3/b30-20-,36-29?;15-12-;. The maximum Gasteiger partial charge on any atom is 0.136 e. The molecule has 5 heteroatoms. The van der Waals surface area contributed by atoms with E-state index >= 15 is 0 Å². The number of nitrogens with one attached hydrogen (secondary N) is 1. The number of hydrogen-bond acceptors (Lipinski definition) is 5. The minimum Gasteiger partial charge on any atom is -0.456 e. The van der Waals surface area contributed by atoms with Crippen LogP contribution in [0.15, 0.2) is 223 Å². The number of aryl methyl sites for hydroxylation is 1. The summed E-state index contributed by atoms with van der Waals surface area (Å²) in [5, 5.41) is 10.6. The molecule has 0 aliphatic rings. The summed E-state index contributed by atoms with van der Waals surface area (Å²) < 4.78 is 6.22. The summed E-state index contributed by atoms with van der Waals surface area (Å²) in [7, 11) is 0. The Bertz CT molecular complexity index is 2860. The average Bonchev–Trinajstić information content (AvgIpc) is 3.71. The first kappa shape index (κ1) is 41.4. The lowest BCUT2D eigenvalue weighted by Gasteiger charge is -2.13. The van der Waals surface area contributed by atoms with Crippen LogP contribution in [0.25, 0.3) is 55.6 Å². The third-order valence-electron chi connectivity index (χ3n) is 10.4. The molecule has 0 bridgehead atoms. The SMILES string of the molecule is Cc1ccccc1.N/C(=C\Cc1ccccc1)c1ccccc1.N=C(/C=C(\N)c1ccc(-c2c(-c3ccc(CN)cc3)ccc3oc4ccccc4c23)cc1)c1ccccc1. The first-order valence-corrected chi connectivity index (χ1v) is 20.4. The predicted octanol–water partition coefficient (Wildman–Crippen LogP) is 13.0. The quantitative estimate of drug-likeness (QED) is 0.109. The fourth-order valence-electron chi connectivity index (χ4n) is 7.07. The fourth-order valence-corrected chi connectivity index (χ4v) is 7.07. The summed E-state index contributed by atoms with van der Waals surface area (Å²) in [6, 6.07) is 69.2. The summed E-state index contributed by atoms with van der Waals surface area (Å²) in [6.45, 7) is 2.59. The van der Waals surface area contributed by atoms with Gasteiger partial charge in [-0.25, -0.2) is 0 Å². The summed E-state index contributed by atoms with van der Waals surface area (Å²) in [5.74, 6) is 0. The molecule has 0 saturated heterocycles. The topological polar surface area (TPSA) is 115 Å². The van der Waals surface area contributed by atoms with Crippen LogP contribution >= 0.6 is 0 Å². The number of benzene rings is 8. The van der Waals surface area contributed by atoms with Crippen LogP contribution in [-0.4, -0.2) is 5.71 Å². The second-order valence-corrected chi connectivity index (χ2v) is 14.7. The van der Waals surface area contributed by atoms with Crippen LogP contribution in [-0.2, 0) is 13.0 Å². The second-order valence-electron chi connectivity index (χ2n) is 14.7. The number of furan rings is 1. The van der Waals surface area contributed by atoms with Gasteiger partial charge < -0.3 is 27.0 Å². The van der Waals surface area contributed by atoms with Gasteiger partial charge in [-0.3, -0.25) is 0 Å². The molecule has 9 rings (SSSR count). The first-order valence-electron chi connectivity index (χ1n) is 20.4. The van der Waals surface area contributed by atoms with Gasteiger partial charge in [0.05, 0.1) is 5.71 Å². The summed E-state index contributed by atoms with van der Waals surface area (Å²) in [4.78, 5) is 0. The molecule has 0 atom stereocenters. The van der Waals surface area contributed by atoms with Gasteiger partial charge >= 0.3 is 0 Å². The minimum absolute atomic E-state index is 0.380. The van der Waals surface area contributed by atoms with Crippen molar-refractivity contribution in [3.8, 4) is 22.3 Å². The Labute approximate surface area is 358 Å². The zero-order chi connectivity index (χ0) is 42.4. The lowest BCUT2D eigenvalue weighted by atomic mass is 9.90. The molecule has 0 fully saturated rings. The molecule has 0 aliphatic heterocycles. The molecule has 0 unspecified atom stereocenters. The van der Waals surface area contributed by atoms with Crippen molar-refractivity contribution in [3.05, 3.63) is 252 Å². The number of fused-ring (bicyclic) bond motifs is 3. The molecular formula is C56H50N4O. The third kappa shape index (κ3) is 10.7. The Balaban J connectivity index is 0.000000199. The highest BCUT2D eigenvalue weighted by molar-refractivity contribution is 6.16. The van der Waals surface area contributed by atoms with E-state index < -0.39 is 0 Å². The van der Waals surface area contributed by atoms with E-state index in [9.17, 15) is 0 Å². The highest BCUT2D eigenvalue weighted by atomic mass is 16.3. The van der Waals surface area contributed by atoms with Gasteiger partial charge in [0.15, 0.2) is 0 Å². The van der Waals surface area contributed by atoms with Gasteiger partial charge in [-0.05, 0) is 76.1 Å². The monoisotopic (exact) mass is 794 g/mol. The molecule has 61 heavy (non-hydrogen) atoms. The van der Waals surface area contributed by atoms with Crippen LogP contribution < -0.4 is 17.2 Å². The Hall–Kier alpha value is -7.73. The average molecular weight is 795 g/mol. The number of rotatable bonds is 9. The van der Waals surface area contributed by atoms with Crippen LogP contribution in [0, 0.1) is 12.3 Å². The van der Waals surface area contributed by atoms with Gasteiger partial charge in [-0.1, -0.05) is 206 Å². The normalized spacial score (nSPS) is 11.3. The molecule has 0 radical (unpaired) electrons. The maximum absolute atomic E-state index is 8.41. The molecule has 7 N–H and O–H groups in total. The molecule has 300 valence electrons. The van der Waals surface area contributed by atoms with Crippen LogP contribution in [0.1, 0.15) is 33.4 Å². The number of nitrogens with two attached hydrogens (primary N) is 3. The second kappa shape index (κ2) is 20.3. The molecule has 0 spiro atoms. The Morgan fingerprint density at radius 3 is 1.66 bits per heavy atom. The summed E-state index contributed by atoms with van der Waals surface area (Å²) >= 11 is 0. The van der Waals surface area contributed by atoms with E-state index in [1.54, 1.807) is 6.08 Å². The lowest BCUT2D eigenvalue weighted by molar-refractivity contribution is 0.669. The molecule has 8 aromatic carbocycles. The summed E-state index contributed by atoms with van der Waals surface area (Å²) in [5.41, 5.74) is 32.6. The molecule has 5 nitrogen and oxygen atoms in total.